The summed E-state index contributed by atoms with van der Waals surface area (Å²) < 4.78 is 0. The number of benzene rings is 1. The van der Waals surface area contributed by atoms with Gasteiger partial charge in [-0.3, -0.25) is 14.5 Å². The van der Waals surface area contributed by atoms with Gasteiger partial charge >= 0.3 is 0 Å². The number of hydrogen-bond donors (Lipinski definition) is 1. The van der Waals surface area contributed by atoms with E-state index in [-0.39, 0.29) is 23.7 Å². The van der Waals surface area contributed by atoms with E-state index in [0.29, 0.717) is 6.54 Å². The van der Waals surface area contributed by atoms with Gasteiger partial charge in [0.05, 0.1) is 5.92 Å². The topological polar surface area (TPSA) is 52.7 Å². The van der Waals surface area contributed by atoms with Crippen LogP contribution >= 0.6 is 0 Å². The molecule has 5 heteroatoms. The van der Waals surface area contributed by atoms with E-state index >= 15 is 0 Å². The average Bonchev–Trinajstić information content (AvgIpc) is 3.54. The van der Waals surface area contributed by atoms with Gasteiger partial charge in [-0.1, -0.05) is 18.6 Å². The predicted octanol–water partition coefficient (Wildman–Crippen LogP) is 3.26. The van der Waals surface area contributed by atoms with Gasteiger partial charge in [-0.2, -0.15) is 0 Å². The molecule has 1 unspecified atom stereocenters. The zero-order chi connectivity index (χ0) is 18.6. The molecule has 1 aromatic rings. The molecule has 4 rings (SSSR count). The minimum Gasteiger partial charge on any atom is -0.342 e. The van der Waals surface area contributed by atoms with Crippen molar-refractivity contribution in [2.45, 2.75) is 51.5 Å². The van der Waals surface area contributed by atoms with E-state index in [9.17, 15) is 9.59 Å². The smallest absolute Gasteiger partial charge is 0.229 e. The molecule has 0 spiro atoms. The normalized spacial score (nSPS) is 23.9. The molecule has 0 aromatic heterocycles. The Bertz CT molecular complexity index is 680. The van der Waals surface area contributed by atoms with Crippen molar-refractivity contribution in [3.05, 3.63) is 29.8 Å². The number of piperidine rings is 2. The Morgan fingerprint density at radius 1 is 0.963 bits per heavy atom. The van der Waals surface area contributed by atoms with Crippen molar-refractivity contribution in [1.29, 1.82) is 0 Å². The van der Waals surface area contributed by atoms with Gasteiger partial charge in [-0.15, -0.1) is 0 Å². The first-order chi connectivity index (χ1) is 13.2. The van der Waals surface area contributed by atoms with Crippen LogP contribution in [0.25, 0.3) is 0 Å². The lowest BCUT2D eigenvalue weighted by Crippen LogP contribution is -2.44. The van der Waals surface area contributed by atoms with Crippen molar-refractivity contribution in [2.75, 3.05) is 31.5 Å². The number of hydrogen-bond acceptors (Lipinski definition) is 3. The minimum absolute atomic E-state index is 0.0541. The third-order valence-electron chi connectivity index (χ3n) is 6.08. The molecule has 1 atom stereocenters. The lowest BCUT2D eigenvalue weighted by atomic mass is 9.96. The summed E-state index contributed by atoms with van der Waals surface area (Å²) in [6.07, 6.45) is 7.75. The fraction of sp³-hybridized carbons (Fsp3) is 0.636. The number of carbonyl (C=O) groups is 2. The molecule has 0 bridgehead atoms. The number of likely N-dealkylation sites (tertiary alicyclic amines) is 2. The highest BCUT2D eigenvalue weighted by Gasteiger charge is 2.36. The monoisotopic (exact) mass is 369 g/mol. The maximum atomic E-state index is 12.8. The zero-order valence-electron chi connectivity index (χ0n) is 16.2. The van der Waals surface area contributed by atoms with Crippen LogP contribution in [0.4, 0.5) is 5.69 Å². The molecule has 0 radical (unpaired) electrons. The Morgan fingerprint density at radius 3 is 2.56 bits per heavy atom. The summed E-state index contributed by atoms with van der Waals surface area (Å²) in [5.41, 5.74) is 2.13. The average molecular weight is 370 g/mol. The van der Waals surface area contributed by atoms with Crippen LogP contribution in [0.1, 0.15) is 50.5 Å². The molecule has 5 nitrogen and oxygen atoms in total. The van der Waals surface area contributed by atoms with Crippen molar-refractivity contribution >= 4 is 17.5 Å². The largest absolute Gasteiger partial charge is 0.342 e. The maximum absolute atomic E-state index is 12.8. The van der Waals surface area contributed by atoms with E-state index in [1.807, 2.05) is 17.0 Å². The lowest BCUT2D eigenvalue weighted by molar-refractivity contribution is -0.135. The highest BCUT2D eigenvalue weighted by molar-refractivity contribution is 5.93. The second kappa shape index (κ2) is 8.42. The van der Waals surface area contributed by atoms with E-state index in [2.05, 4.69) is 22.3 Å². The van der Waals surface area contributed by atoms with E-state index in [0.717, 1.165) is 44.5 Å². The van der Waals surface area contributed by atoms with Crippen molar-refractivity contribution in [1.82, 2.24) is 9.80 Å². The Morgan fingerprint density at radius 2 is 1.78 bits per heavy atom. The van der Waals surface area contributed by atoms with Crippen LogP contribution in [0.3, 0.4) is 0 Å². The van der Waals surface area contributed by atoms with Crippen LogP contribution in [0, 0.1) is 11.8 Å². The molecular weight excluding hydrogens is 338 g/mol. The van der Waals surface area contributed by atoms with Crippen LogP contribution in [0.15, 0.2) is 24.3 Å². The second-order valence-corrected chi connectivity index (χ2v) is 8.42. The molecule has 1 saturated carbocycles. The number of carbonyl (C=O) groups excluding carboxylic acids is 2. The summed E-state index contributed by atoms with van der Waals surface area (Å²) in [6.45, 7) is 4.68. The Balaban J connectivity index is 1.33. The van der Waals surface area contributed by atoms with Crippen molar-refractivity contribution in [2.24, 2.45) is 11.8 Å². The fourth-order valence-electron chi connectivity index (χ4n) is 4.35. The molecule has 3 aliphatic rings. The number of amides is 2. The van der Waals surface area contributed by atoms with Gasteiger partial charge in [0, 0.05) is 31.2 Å². The van der Waals surface area contributed by atoms with E-state index in [4.69, 9.17) is 0 Å². The Kier molecular flexibility index (Phi) is 5.77. The maximum Gasteiger partial charge on any atom is 0.229 e. The first-order valence-electron chi connectivity index (χ1n) is 10.6. The van der Waals surface area contributed by atoms with Crippen molar-refractivity contribution < 1.29 is 9.59 Å². The number of nitrogens with one attached hydrogen (secondary N) is 1. The van der Waals surface area contributed by atoms with Crippen LogP contribution in [0.2, 0.25) is 0 Å². The van der Waals surface area contributed by atoms with Crippen molar-refractivity contribution in [3.8, 4) is 0 Å². The molecule has 1 N–H and O–H groups in total. The third kappa shape index (κ3) is 4.89. The standard InChI is InChI=1S/C22H31N3O2/c26-21(19-7-5-13-25(16-19)22(27)18-9-10-18)23-20-8-4-6-17(14-20)15-24-11-2-1-3-12-24/h4,6,8,14,18-19H,1-3,5,7,9-13,15-16H2,(H,23,26). The van der Waals surface area contributed by atoms with Crippen LogP contribution < -0.4 is 5.32 Å². The molecule has 146 valence electrons. The van der Waals surface area contributed by atoms with Crippen LogP contribution in [-0.2, 0) is 16.1 Å². The molecule has 3 fully saturated rings. The molecule has 27 heavy (non-hydrogen) atoms. The Hall–Kier alpha value is -1.88. The van der Waals surface area contributed by atoms with Gasteiger partial charge in [0.25, 0.3) is 0 Å². The van der Waals surface area contributed by atoms with Gasteiger partial charge in [-0.05, 0) is 69.3 Å². The summed E-state index contributed by atoms with van der Waals surface area (Å²) in [6, 6.07) is 8.23. The Labute approximate surface area is 162 Å². The second-order valence-electron chi connectivity index (χ2n) is 8.42. The van der Waals surface area contributed by atoms with Crippen molar-refractivity contribution in [3.63, 3.8) is 0 Å². The number of nitrogens with zero attached hydrogens (tertiary/aromatic N) is 2. The molecule has 1 aliphatic carbocycles. The van der Waals surface area contributed by atoms with Crippen LogP contribution in [-0.4, -0.2) is 47.8 Å². The fourth-order valence-corrected chi connectivity index (χ4v) is 4.35. The highest BCUT2D eigenvalue weighted by atomic mass is 16.2. The van der Waals surface area contributed by atoms with E-state index in [1.54, 1.807) is 0 Å². The summed E-state index contributed by atoms with van der Waals surface area (Å²) in [5, 5.41) is 3.10. The zero-order valence-corrected chi connectivity index (χ0v) is 16.2. The number of anilines is 1. The lowest BCUT2D eigenvalue weighted by Gasteiger charge is -2.32. The molecule has 2 aliphatic heterocycles. The molecule has 1 aromatic carbocycles. The van der Waals surface area contributed by atoms with Gasteiger partial charge in [0.15, 0.2) is 0 Å². The van der Waals surface area contributed by atoms with Crippen LogP contribution in [0.5, 0.6) is 0 Å². The number of rotatable bonds is 5. The molecule has 2 saturated heterocycles. The van der Waals surface area contributed by atoms with Gasteiger partial charge in [0.1, 0.15) is 0 Å². The summed E-state index contributed by atoms with van der Waals surface area (Å²) in [4.78, 5) is 29.5. The SMILES string of the molecule is O=C(Nc1cccc(CN2CCCCC2)c1)C1CCCN(C(=O)C2CC2)C1. The predicted molar refractivity (Wildman–Crippen MR) is 106 cm³/mol. The summed E-state index contributed by atoms with van der Waals surface area (Å²) >= 11 is 0. The molecule has 2 amide bonds. The first kappa shape index (κ1) is 18.5. The van der Waals surface area contributed by atoms with Gasteiger partial charge < -0.3 is 10.2 Å². The first-order valence-corrected chi connectivity index (χ1v) is 10.6. The highest BCUT2D eigenvalue weighted by Crippen LogP contribution is 2.32. The molecular formula is C22H31N3O2. The minimum atomic E-state index is -0.0906. The quantitative estimate of drug-likeness (QED) is 0.867. The van der Waals surface area contributed by atoms with E-state index < -0.39 is 0 Å². The third-order valence-corrected chi connectivity index (χ3v) is 6.08. The summed E-state index contributed by atoms with van der Waals surface area (Å²) in [5.74, 6) is 0.458. The van der Waals surface area contributed by atoms with Gasteiger partial charge in [0.2, 0.25) is 11.8 Å². The molecule has 2 heterocycles. The van der Waals surface area contributed by atoms with Gasteiger partial charge in [-0.25, -0.2) is 0 Å². The summed E-state index contributed by atoms with van der Waals surface area (Å²) in [7, 11) is 0. The van der Waals surface area contributed by atoms with E-state index in [1.165, 1.54) is 37.9 Å².